The van der Waals surface area contributed by atoms with Crippen LogP contribution in [0.4, 0.5) is 5.69 Å². The maximum atomic E-state index is 12.3. The van der Waals surface area contributed by atoms with Crippen molar-refractivity contribution in [3.63, 3.8) is 0 Å². The van der Waals surface area contributed by atoms with Crippen LogP contribution in [0, 0.1) is 0 Å². The van der Waals surface area contributed by atoms with Crippen LogP contribution in [0.3, 0.4) is 0 Å². The van der Waals surface area contributed by atoms with Gasteiger partial charge in [0.1, 0.15) is 0 Å². The zero-order valence-electron chi connectivity index (χ0n) is 14.2. The van der Waals surface area contributed by atoms with Gasteiger partial charge in [0.15, 0.2) is 0 Å². The summed E-state index contributed by atoms with van der Waals surface area (Å²) < 4.78 is 0. The van der Waals surface area contributed by atoms with E-state index in [-0.39, 0.29) is 17.9 Å². The standard InChI is InChI=1S/C20H22N2O2S/c1-14(23)21-16-9-11-17(12-10-16)25-13-20(24)22-19-8-4-6-15-5-2-3-7-18(15)19/h2-3,5,7,9-12,19H,4,6,8,13H2,1H3,(H,21,23)(H,22,24). The van der Waals surface area contributed by atoms with Crippen molar-refractivity contribution < 1.29 is 9.59 Å². The average Bonchev–Trinajstić information content (AvgIpc) is 2.61. The molecule has 0 heterocycles. The minimum absolute atomic E-state index is 0.0534. The molecule has 2 aromatic rings. The lowest BCUT2D eigenvalue weighted by atomic mass is 9.88. The molecule has 0 aromatic heterocycles. The van der Waals surface area contributed by atoms with Gasteiger partial charge in [0.2, 0.25) is 11.8 Å². The van der Waals surface area contributed by atoms with Gasteiger partial charge in [-0.1, -0.05) is 24.3 Å². The number of hydrogen-bond donors (Lipinski definition) is 2. The van der Waals surface area contributed by atoms with E-state index in [1.54, 1.807) is 0 Å². The lowest BCUT2D eigenvalue weighted by Gasteiger charge is -2.26. The van der Waals surface area contributed by atoms with E-state index in [1.807, 2.05) is 30.3 Å². The third kappa shape index (κ3) is 4.86. The van der Waals surface area contributed by atoms with Gasteiger partial charge in [-0.15, -0.1) is 11.8 Å². The number of benzene rings is 2. The Hall–Kier alpha value is -2.27. The third-order valence-corrected chi connectivity index (χ3v) is 5.26. The number of hydrogen-bond acceptors (Lipinski definition) is 3. The van der Waals surface area contributed by atoms with Gasteiger partial charge >= 0.3 is 0 Å². The predicted molar refractivity (Wildman–Crippen MR) is 102 cm³/mol. The molecule has 130 valence electrons. The zero-order valence-corrected chi connectivity index (χ0v) is 15.1. The average molecular weight is 354 g/mol. The van der Waals surface area contributed by atoms with E-state index in [9.17, 15) is 9.59 Å². The van der Waals surface area contributed by atoms with Gasteiger partial charge in [0.05, 0.1) is 11.8 Å². The van der Waals surface area contributed by atoms with E-state index >= 15 is 0 Å². The predicted octanol–water partition coefficient (Wildman–Crippen LogP) is 3.93. The number of nitrogens with one attached hydrogen (secondary N) is 2. The highest BCUT2D eigenvalue weighted by molar-refractivity contribution is 8.00. The molecular formula is C20H22N2O2S. The smallest absolute Gasteiger partial charge is 0.230 e. The Bertz CT molecular complexity index is 759. The second-order valence-electron chi connectivity index (χ2n) is 6.21. The minimum Gasteiger partial charge on any atom is -0.349 e. The maximum absolute atomic E-state index is 12.3. The Balaban J connectivity index is 1.53. The van der Waals surface area contributed by atoms with Crippen LogP contribution in [0.1, 0.15) is 36.9 Å². The molecule has 4 nitrogen and oxygen atoms in total. The van der Waals surface area contributed by atoms with Crippen molar-refractivity contribution in [2.45, 2.75) is 37.1 Å². The van der Waals surface area contributed by atoms with Gasteiger partial charge in [-0.25, -0.2) is 0 Å². The fraction of sp³-hybridized carbons (Fsp3) is 0.300. The number of anilines is 1. The number of aryl methyl sites for hydroxylation is 1. The number of amides is 2. The molecule has 1 unspecified atom stereocenters. The molecule has 0 fully saturated rings. The van der Waals surface area contributed by atoms with E-state index in [0.717, 1.165) is 29.8 Å². The van der Waals surface area contributed by atoms with Crippen LogP contribution < -0.4 is 10.6 Å². The topological polar surface area (TPSA) is 58.2 Å². The molecule has 1 aliphatic carbocycles. The monoisotopic (exact) mass is 354 g/mol. The molecule has 1 atom stereocenters. The Labute approximate surface area is 152 Å². The second-order valence-corrected chi connectivity index (χ2v) is 7.25. The highest BCUT2D eigenvalue weighted by atomic mass is 32.2. The molecule has 1 aliphatic rings. The highest BCUT2D eigenvalue weighted by Gasteiger charge is 2.21. The fourth-order valence-corrected chi connectivity index (χ4v) is 3.84. The van der Waals surface area contributed by atoms with Crippen LogP contribution in [0.25, 0.3) is 0 Å². The molecule has 2 aromatic carbocycles. The lowest BCUT2D eigenvalue weighted by Crippen LogP contribution is -2.32. The summed E-state index contributed by atoms with van der Waals surface area (Å²) in [6.07, 6.45) is 3.20. The van der Waals surface area contributed by atoms with Gasteiger partial charge in [0, 0.05) is 17.5 Å². The molecule has 0 aliphatic heterocycles. The summed E-state index contributed by atoms with van der Waals surface area (Å²) in [6, 6.07) is 16.0. The van der Waals surface area contributed by atoms with E-state index in [4.69, 9.17) is 0 Å². The van der Waals surface area contributed by atoms with Crippen LogP contribution in [-0.4, -0.2) is 17.6 Å². The van der Waals surface area contributed by atoms with Gasteiger partial charge < -0.3 is 10.6 Å². The first-order chi connectivity index (χ1) is 12.1. The van der Waals surface area contributed by atoms with Gasteiger partial charge in [-0.3, -0.25) is 9.59 Å². The molecule has 0 spiro atoms. The molecule has 0 bridgehead atoms. The van der Waals surface area contributed by atoms with E-state index in [1.165, 1.54) is 29.8 Å². The van der Waals surface area contributed by atoms with Gasteiger partial charge in [-0.05, 0) is 54.7 Å². The summed E-state index contributed by atoms with van der Waals surface area (Å²) in [6.45, 7) is 1.48. The number of fused-ring (bicyclic) bond motifs is 1. The van der Waals surface area contributed by atoms with Crippen LogP contribution in [0.2, 0.25) is 0 Å². The summed E-state index contributed by atoms with van der Waals surface area (Å²) in [7, 11) is 0. The largest absolute Gasteiger partial charge is 0.349 e. The van der Waals surface area contributed by atoms with Crippen molar-refractivity contribution in [1.82, 2.24) is 5.32 Å². The molecular weight excluding hydrogens is 332 g/mol. The Morgan fingerprint density at radius 2 is 1.88 bits per heavy atom. The third-order valence-electron chi connectivity index (χ3n) is 4.25. The Kier molecular flexibility index (Phi) is 5.76. The Morgan fingerprint density at radius 1 is 1.12 bits per heavy atom. The molecule has 2 N–H and O–H groups in total. The molecule has 0 saturated heterocycles. The summed E-state index contributed by atoms with van der Waals surface area (Å²) in [5, 5.41) is 5.90. The molecule has 0 radical (unpaired) electrons. The summed E-state index contributed by atoms with van der Waals surface area (Å²) in [5.74, 6) is 0.350. The highest BCUT2D eigenvalue weighted by Crippen LogP contribution is 2.29. The summed E-state index contributed by atoms with van der Waals surface area (Å²) in [5.41, 5.74) is 3.37. The Morgan fingerprint density at radius 3 is 2.64 bits per heavy atom. The van der Waals surface area contributed by atoms with Crippen molar-refractivity contribution >= 4 is 29.3 Å². The second kappa shape index (κ2) is 8.21. The van der Waals surface area contributed by atoms with E-state index in [0.29, 0.717) is 5.75 Å². The van der Waals surface area contributed by atoms with Crippen LogP contribution in [0.15, 0.2) is 53.4 Å². The molecule has 2 amide bonds. The van der Waals surface area contributed by atoms with Crippen molar-refractivity contribution in [2.75, 3.05) is 11.1 Å². The van der Waals surface area contributed by atoms with E-state index in [2.05, 4.69) is 28.8 Å². The molecule has 0 saturated carbocycles. The zero-order chi connectivity index (χ0) is 17.6. The number of carbonyl (C=O) groups excluding carboxylic acids is 2. The number of carbonyl (C=O) groups is 2. The van der Waals surface area contributed by atoms with Crippen molar-refractivity contribution in [3.8, 4) is 0 Å². The summed E-state index contributed by atoms with van der Waals surface area (Å²) >= 11 is 1.50. The first-order valence-corrected chi connectivity index (χ1v) is 9.48. The quantitative estimate of drug-likeness (QED) is 0.800. The SMILES string of the molecule is CC(=O)Nc1ccc(SCC(=O)NC2CCCc3ccccc32)cc1. The van der Waals surface area contributed by atoms with Crippen LogP contribution in [-0.2, 0) is 16.0 Å². The number of thioether (sulfide) groups is 1. The molecule has 3 rings (SSSR count). The van der Waals surface area contributed by atoms with Crippen molar-refractivity contribution in [1.29, 1.82) is 0 Å². The molecule has 5 heteroatoms. The van der Waals surface area contributed by atoms with E-state index < -0.39 is 0 Å². The summed E-state index contributed by atoms with van der Waals surface area (Å²) in [4.78, 5) is 24.3. The van der Waals surface area contributed by atoms with Crippen molar-refractivity contribution in [2.24, 2.45) is 0 Å². The van der Waals surface area contributed by atoms with Gasteiger partial charge in [0.25, 0.3) is 0 Å². The van der Waals surface area contributed by atoms with Crippen molar-refractivity contribution in [3.05, 3.63) is 59.7 Å². The van der Waals surface area contributed by atoms with Gasteiger partial charge in [-0.2, -0.15) is 0 Å². The maximum Gasteiger partial charge on any atom is 0.230 e. The lowest BCUT2D eigenvalue weighted by molar-refractivity contribution is -0.119. The first-order valence-electron chi connectivity index (χ1n) is 8.49. The normalized spacial score (nSPS) is 16.0. The fourth-order valence-electron chi connectivity index (χ4n) is 3.13. The molecule has 25 heavy (non-hydrogen) atoms. The van der Waals surface area contributed by atoms with Crippen LogP contribution in [0.5, 0.6) is 0 Å². The van der Waals surface area contributed by atoms with Crippen LogP contribution >= 0.6 is 11.8 Å². The number of rotatable bonds is 5. The first kappa shape index (κ1) is 17.5. The minimum atomic E-state index is -0.0902.